The normalized spacial score (nSPS) is 13.3. The van der Waals surface area contributed by atoms with E-state index in [0.717, 1.165) is 34.9 Å². The van der Waals surface area contributed by atoms with Crippen LogP contribution in [0.25, 0.3) is 0 Å². The SMILES string of the molecule is COc1ccc(OC)c(CN(Cc2nnc(C(=O)Nc3ccc(F)cc3)s2)C2CC2)c1. The molecule has 0 spiro atoms. The highest BCUT2D eigenvalue weighted by Gasteiger charge is 2.30. The van der Waals surface area contributed by atoms with E-state index in [2.05, 4.69) is 20.4 Å². The quantitative estimate of drug-likeness (QED) is 0.537. The van der Waals surface area contributed by atoms with E-state index in [9.17, 15) is 9.18 Å². The van der Waals surface area contributed by atoms with Gasteiger partial charge >= 0.3 is 0 Å². The number of ether oxygens (including phenoxy) is 2. The van der Waals surface area contributed by atoms with Gasteiger partial charge in [0.1, 0.15) is 22.3 Å². The average molecular weight is 443 g/mol. The highest BCUT2D eigenvalue weighted by molar-refractivity contribution is 7.13. The van der Waals surface area contributed by atoms with Crippen LogP contribution in [-0.2, 0) is 13.1 Å². The fraction of sp³-hybridized carbons (Fsp3) is 0.318. The molecular weight excluding hydrogens is 419 g/mol. The minimum Gasteiger partial charge on any atom is -0.497 e. The first kappa shape index (κ1) is 21.2. The van der Waals surface area contributed by atoms with Crippen LogP contribution in [0.3, 0.4) is 0 Å². The molecule has 0 aliphatic heterocycles. The number of nitrogens with zero attached hydrogens (tertiary/aromatic N) is 3. The average Bonchev–Trinajstić information content (AvgIpc) is 3.53. The first-order valence-electron chi connectivity index (χ1n) is 9.90. The third kappa shape index (κ3) is 5.36. The van der Waals surface area contributed by atoms with Crippen LogP contribution in [0.2, 0.25) is 0 Å². The fourth-order valence-electron chi connectivity index (χ4n) is 3.28. The summed E-state index contributed by atoms with van der Waals surface area (Å²) in [7, 11) is 3.30. The maximum atomic E-state index is 13.0. The van der Waals surface area contributed by atoms with Crippen LogP contribution >= 0.6 is 11.3 Å². The van der Waals surface area contributed by atoms with Crippen molar-refractivity contribution in [2.24, 2.45) is 0 Å². The van der Waals surface area contributed by atoms with Gasteiger partial charge in [-0.1, -0.05) is 11.3 Å². The number of amides is 1. The van der Waals surface area contributed by atoms with Crippen molar-refractivity contribution in [1.29, 1.82) is 0 Å². The standard InChI is InChI=1S/C22H23FN4O3S/c1-29-18-9-10-19(30-2)14(11-18)12-27(17-7-8-17)13-20-25-26-22(31-20)21(28)24-16-5-3-15(23)4-6-16/h3-6,9-11,17H,7-8,12-13H2,1-2H3,(H,24,28). The number of halogens is 1. The molecule has 162 valence electrons. The number of anilines is 1. The molecule has 0 unspecified atom stereocenters. The van der Waals surface area contributed by atoms with Crippen molar-refractivity contribution >= 4 is 22.9 Å². The first-order valence-corrected chi connectivity index (χ1v) is 10.7. The number of carbonyl (C=O) groups is 1. The maximum absolute atomic E-state index is 13.0. The summed E-state index contributed by atoms with van der Waals surface area (Å²) in [6.45, 7) is 1.27. The molecule has 0 saturated heterocycles. The number of nitrogens with one attached hydrogen (secondary N) is 1. The second-order valence-corrected chi connectivity index (χ2v) is 8.34. The molecule has 0 atom stereocenters. The van der Waals surface area contributed by atoms with Gasteiger partial charge in [-0.05, 0) is 55.3 Å². The van der Waals surface area contributed by atoms with Crippen LogP contribution in [0.1, 0.15) is 33.2 Å². The highest BCUT2D eigenvalue weighted by Crippen LogP contribution is 2.33. The van der Waals surface area contributed by atoms with Gasteiger partial charge in [-0.25, -0.2) is 4.39 Å². The number of rotatable bonds is 9. The number of hydrogen-bond donors (Lipinski definition) is 1. The van der Waals surface area contributed by atoms with Crippen molar-refractivity contribution in [3.63, 3.8) is 0 Å². The Balaban J connectivity index is 1.44. The fourth-order valence-corrected chi connectivity index (χ4v) is 4.04. The minimum atomic E-state index is -0.359. The lowest BCUT2D eigenvalue weighted by atomic mass is 10.1. The van der Waals surface area contributed by atoms with Gasteiger partial charge in [0.2, 0.25) is 5.01 Å². The Morgan fingerprint density at radius 3 is 2.58 bits per heavy atom. The second kappa shape index (κ2) is 9.40. The van der Waals surface area contributed by atoms with Crippen LogP contribution in [0.5, 0.6) is 11.5 Å². The third-order valence-corrected chi connectivity index (χ3v) is 5.93. The molecule has 31 heavy (non-hydrogen) atoms. The molecular formula is C22H23FN4O3S. The summed E-state index contributed by atoms with van der Waals surface area (Å²) in [6.07, 6.45) is 2.26. The zero-order chi connectivity index (χ0) is 21.8. The number of benzene rings is 2. The summed E-state index contributed by atoms with van der Waals surface area (Å²) in [5.41, 5.74) is 1.54. The van der Waals surface area contributed by atoms with Crippen molar-refractivity contribution in [2.75, 3.05) is 19.5 Å². The van der Waals surface area contributed by atoms with E-state index in [1.54, 1.807) is 14.2 Å². The highest BCUT2D eigenvalue weighted by atomic mass is 32.1. The Morgan fingerprint density at radius 1 is 1.13 bits per heavy atom. The van der Waals surface area contributed by atoms with E-state index in [0.29, 0.717) is 24.8 Å². The Labute approximate surface area is 183 Å². The molecule has 0 bridgehead atoms. The third-order valence-electron chi connectivity index (χ3n) is 5.03. The molecule has 1 aliphatic carbocycles. The van der Waals surface area contributed by atoms with Crippen molar-refractivity contribution in [3.05, 3.63) is 63.9 Å². The molecule has 1 heterocycles. The molecule has 9 heteroatoms. The van der Waals surface area contributed by atoms with Crippen molar-refractivity contribution in [3.8, 4) is 11.5 Å². The van der Waals surface area contributed by atoms with E-state index in [4.69, 9.17) is 9.47 Å². The number of hydrogen-bond acceptors (Lipinski definition) is 7. The van der Waals surface area contributed by atoms with Gasteiger partial charge in [0.25, 0.3) is 5.91 Å². The van der Waals surface area contributed by atoms with Gasteiger partial charge in [0.15, 0.2) is 0 Å². The van der Waals surface area contributed by atoms with Gasteiger partial charge in [-0.3, -0.25) is 9.69 Å². The molecule has 1 saturated carbocycles. The molecule has 1 aromatic heterocycles. The van der Waals surface area contributed by atoms with Crippen molar-refractivity contribution in [1.82, 2.24) is 15.1 Å². The Morgan fingerprint density at radius 2 is 1.90 bits per heavy atom. The molecule has 0 radical (unpaired) electrons. The molecule has 4 rings (SSSR count). The van der Waals surface area contributed by atoms with Gasteiger partial charge < -0.3 is 14.8 Å². The van der Waals surface area contributed by atoms with Crippen molar-refractivity contribution in [2.45, 2.75) is 32.0 Å². The molecule has 2 aromatic carbocycles. The summed E-state index contributed by atoms with van der Waals surface area (Å²) in [5, 5.41) is 12.0. The Kier molecular flexibility index (Phi) is 6.43. The lowest BCUT2D eigenvalue weighted by Gasteiger charge is -2.22. The molecule has 7 nitrogen and oxygen atoms in total. The predicted octanol–water partition coefficient (Wildman–Crippen LogP) is 4.11. The predicted molar refractivity (Wildman–Crippen MR) is 116 cm³/mol. The topological polar surface area (TPSA) is 76.6 Å². The van der Waals surface area contributed by atoms with Gasteiger partial charge in [-0.2, -0.15) is 0 Å². The minimum absolute atomic E-state index is 0.272. The molecule has 1 N–H and O–H groups in total. The number of aromatic nitrogens is 2. The van der Waals surface area contributed by atoms with Crippen LogP contribution < -0.4 is 14.8 Å². The Hall–Kier alpha value is -3.04. The Bertz CT molecular complexity index is 1050. The zero-order valence-corrected chi connectivity index (χ0v) is 18.1. The first-order chi connectivity index (χ1) is 15.1. The van der Waals surface area contributed by atoms with Crippen LogP contribution in [0.4, 0.5) is 10.1 Å². The largest absolute Gasteiger partial charge is 0.497 e. The second-order valence-electron chi connectivity index (χ2n) is 7.28. The van der Waals surface area contributed by atoms with E-state index in [1.165, 1.54) is 35.6 Å². The summed E-state index contributed by atoms with van der Waals surface area (Å²) >= 11 is 1.26. The van der Waals surface area contributed by atoms with Gasteiger partial charge in [0, 0.05) is 23.8 Å². The summed E-state index contributed by atoms with van der Waals surface area (Å²) in [5.74, 6) is 0.872. The van der Waals surface area contributed by atoms with E-state index < -0.39 is 0 Å². The van der Waals surface area contributed by atoms with E-state index in [-0.39, 0.29) is 16.7 Å². The van der Waals surface area contributed by atoms with Crippen molar-refractivity contribution < 1.29 is 18.7 Å². The lowest BCUT2D eigenvalue weighted by Crippen LogP contribution is -2.25. The number of carbonyl (C=O) groups excluding carboxylic acids is 1. The van der Waals surface area contributed by atoms with Gasteiger partial charge in [0.05, 0.1) is 20.8 Å². The molecule has 1 amide bonds. The monoisotopic (exact) mass is 442 g/mol. The summed E-state index contributed by atoms with van der Waals surface area (Å²) in [6, 6.07) is 11.8. The zero-order valence-electron chi connectivity index (χ0n) is 17.3. The molecule has 1 aliphatic rings. The van der Waals surface area contributed by atoms with E-state index in [1.807, 2.05) is 18.2 Å². The van der Waals surface area contributed by atoms with E-state index >= 15 is 0 Å². The smallest absolute Gasteiger partial charge is 0.286 e. The van der Waals surface area contributed by atoms with Crippen LogP contribution in [0.15, 0.2) is 42.5 Å². The lowest BCUT2D eigenvalue weighted by molar-refractivity contribution is 0.102. The van der Waals surface area contributed by atoms with Crippen LogP contribution in [-0.4, -0.2) is 41.3 Å². The maximum Gasteiger partial charge on any atom is 0.286 e. The number of methoxy groups -OCH3 is 2. The summed E-state index contributed by atoms with van der Waals surface area (Å²) < 4.78 is 23.9. The van der Waals surface area contributed by atoms with Gasteiger partial charge in [-0.15, -0.1) is 10.2 Å². The summed E-state index contributed by atoms with van der Waals surface area (Å²) in [4.78, 5) is 14.8. The van der Waals surface area contributed by atoms with Crippen LogP contribution in [0, 0.1) is 5.82 Å². The molecule has 3 aromatic rings. The molecule has 1 fully saturated rings.